The van der Waals surface area contributed by atoms with Gasteiger partial charge in [-0.1, -0.05) is 24.3 Å². The molecular formula is C18H13BBrN5. The second-order valence-electron chi connectivity index (χ2n) is 6.32. The van der Waals surface area contributed by atoms with E-state index in [2.05, 4.69) is 60.1 Å². The molecule has 0 amide bonds. The number of aromatic amines is 1. The fraction of sp³-hybridized carbons (Fsp3) is 0.167. The van der Waals surface area contributed by atoms with Crippen LogP contribution in [0.25, 0.3) is 28.2 Å². The average Bonchev–Trinajstić information content (AvgIpc) is 3.18. The topological polar surface area (TPSA) is 58.9 Å². The van der Waals surface area contributed by atoms with Crippen LogP contribution >= 0.6 is 15.9 Å². The van der Waals surface area contributed by atoms with E-state index in [0.29, 0.717) is 21.8 Å². The minimum Gasteiger partial charge on any atom is -0.342 e. The lowest BCUT2D eigenvalue weighted by Crippen LogP contribution is -2.13. The molecule has 120 valence electrons. The monoisotopic (exact) mass is 389 g/mol. The highest BCUT2D eigenvalue weighted by Crippen LogP contribution is 2.39. The second-order valence-corrected chi connectivity index (χ2v) is 7.13. The number of halogens is 1. The third-order valence-electron chi connectivity index (χ3n) is 4.54. The number of benzene rings is 1. The number of imidazole rings is 2. The molecule has 3 aromatic heterocycles. The number of hydrogen-bond donors (Lipinski definition) is 1. The zero-order chi connectivity index (χ0) is 17.0. The SMILES string of the molecule is [B]c1nc(Br)cn2c(-c3ccc(-c4cnc(C5CC5)[nH]4)cc3)cnc12. The van der Waals surface area contributed by atoms with E-state index in [0.717, 1.165) is 28.3 Å². The molecule has 1 N–H and O–H groups in total. The number of nitrogens with one attached hydrogen (secondary N) is 1. The Morgan fingerprint density at radius 3 is 2.60 bits per heavy atom. The molecule has 3 heterocycles. The van der Waals surface area contributed by atoms with Crippen LogP contribution in [0.3, 0.4) is 0 Å². The van der Waals surface area contributed by atoms with Gasteiger partial charge in [-0.15, -0.1) is 0 Å². The maximum absolute atomic E-state index is 5.94. The van der Waals surface area contributed by atoms with Crippen molar-refractivity contribution >= 4 is 35.0 Å². The molecule has 5 rings (SSSR count). The van der Waals surface area contributed by atoms with Crippen LogP contribution in [0.5, 0.6) is 0 Å². The highest BCUT2D eigenvalue weighted by atomic mass is 79.9. The molecule has 1 saturated carbocycles. The molecule has 1 aromatic carbocycles. The van der Waals surface area contributed by atoms with E-state index in [1.54, 1.807) is 0 Å². The lowest BCUT2D eigenvalue weighted by Gasteiger charge is -2.05. The normalized spacial score (nSPS) is 14.3. The molecule has 0 spiro atoms. The predicted molar refractivity (Wildman–Crippen MR) is 101 cm³/mol. The standard InChI is InChI=1S/C18H13BBrN5/c19-16-18-22-8-14(25(18)9-15(20)24-16)11-3-1-10(2-4-11)13-7-21-17(23-13)12-5-6-12/h1-4,7-9,12H,5-6H2,(H,21,23). The van der Waals surface area contributed by atoms with Gasteiger partial charge in [0.15, 0.2) is 0 Å². The first kappa shape index (κ1) is 14.9. The Kier molecular flexibility index (Phi) is 3.31. The molecule has 7 heteroatoms. The van der Waals surface area contributed by atoms with Crippen molar-refractivity contribution in [1.82, 2.24) is 24.3 Å². The van der Waals surface area contributed by atoms with Gasteiger partial charge in [-0.3, -0.25) is 9.38 Å². The summed E-state index contributed by atoms with van der Waals surface area (Å²) in [4.78, 5) is 16.5. The number of aromatic nitrogens is 5. The molecule has 1 aliphatic carbocycles. The highest BCUT2D eigenvalue weighted by molar-refractivity contribution is 9.10. The van der Waals surface area contributed by atoms with Crippen LogP contribution in [0.1, 0.15) is 24.6 Å². The smallest absolute Gasteiger partial charge is 0.147 e. The number of hydrogen-bond acceptors (Lipinski definition) is 3. The third-order valence-corrected chi connectivity index (χ3v) is 4.92. The average molecular weight is 390 g/mol. The molecule has 1 fully saturated rings. The second kappa shape index (κ2) is 5.56. The Morgan fingerprint density at radius 1 is 1.08 bits per heavy atom. The van der Waals surface area contributed by atoms with Gasteiger partial charge in [0.25, 0.3) is 0 Å². The Bertz CT molecular complexity index is 1080. The summed E-state index contributed by atoms with van der Waals surface area (Å²) in [5.74, 6) is 1.73. The van der Waals surface area contributed by atoms with E-state index in [9.17, 15) is 0 Å². The Labute approximate surface area is 154 Å². The Morgan fingerprint density at radius 2 is 1.84 bits per heavy atom. The number of H-pyrrole nitrogens is 1. The summed E-state index contributed by atoms with van der Waals surface area (Å²) < 4.78 is 2.63. The predicted octanol–water partition coefficient (Wildman–Crippen LogP) is 3.22. The van der Waals surface area contributed by atoms with Gasteiger partial charge in [0.2, 0.25) is 0 Å². The minimum absolute atomic E-state index is 0.405. The molecule has 5 nitrogen and oxygen atoms in total. The number of nitrogens with zero attached hydrogens (tertiary/aromatic N) is 4. The van der Waals surface area contributed by atoms with E-state index < -0.39 is 0 Å². The quantitative estimate of drug-likeness (QED) is 0.547. The van der Waals surface area contributed by atoms with Crippen molar-refractivity contribution in [3.8, 4) is 22.5 Å². The summed E-state index contributed by atoms with van der Waals surface area (Å²) >= 11 is 3.39. The molecule has 0 saturated heterocycles. The van der Waals surface area contributed by atoms with Gasteiger partial charge in [0.05, 0.1) is 23.8 Å². The van der Waals surface area contributed by atoms with Crippen LogP contribution in [0.15, 0.2) is 47.5 Å². The molecule has 0 aliphatic heterocycles. The lowest BCUT2D eigenvalue weighted by atomic mass is 10.1. The molecule has 1 aliphatic rings. The summed E-state index contributed by atoms with van der Waals surface area (Å²) in [6.45, 7) is 0. The molecule has 2 radical (unpaired) electrons. The number of fused-ring (bicyclic) bond motifs is 1. The minimum atomic E-state index is 0.405. The van der Waals surface area contributed by atoms with Crippen LogP contribution in [0.2, 0.25) is 0 Å². The van der Waals surface area contributed by atoms with Crippen molar-refractivity contribution in [1.29, 1.82) is 0 Å². The highest BCUT2D eigenvalue weighted by Gasteiger charge is 2.26. The van der Waals surface area contributed by atoms with Crippen molar-refractivity contribution in [2.45, 2.75) is 18.8 Å². The maximum atomic E-state index is 5.94. The Hall–Kier alpha value is -2.41. The van der Waals surface area contributed by atoms with Crippen molar-refractivity contribution in [2.75, 3.05) is 0 Å². The van der Waals surface area contributed by atoms with Crippen LogP contribution in [0.4, 0.5) is 0 Å². The first-order chi connectivity index (χ1) is 12.2. The first-order valence-electron chi connectivity index (χ1n) is 8.14. The first-order valence-corrected chi connectivity index (χ1v) is 8.93. The van der Waals surface area contributed by atoms with Crippen molar-refractivity contribution < 1.29 is 0 Å². The van der Waals surface area contributed by atoms with Crippen molar-refractivity contribution in [2.24, 2.45) is 0 Å². The fourth-order valence-corrected chi connectivity index (χ4v) is 3.46. The molecule has 0 atom stereocenters. The van der Waals surface area contributed by atoms with E-state index in [1.165, 1.54) is 12.8 Å². The summed E-state index contributed by atoms with van der Waals surface area (Å²) in [7, 11) is 5.94. The van der Waals surface area contributed by atoms with Crippen molar-refractivity contribution in [3.05, 3.63) is 53.3 Å². The van der Waals surface area contributed by atoms with E-state index in [1.807, 2.05) is 23.0 Å². The lowest BCUT2D eigenvalue weighted by molar-refractivity contribution is 0.977. The summed E-state index contributed by atoms with van der Waals surface area (Å²) in [6, 6.07) is 8.36. The molecule has 0 unspecified atom stereocenters. The van der Waals surface area contributed by atoms with Crippen molar-refractivity contribution in [3.63, 3.8) is 0 Å². The summed E-state index contributed by atoms with van der Waals surface area (Å²) in [6.07, 6.45) is 8.09. The fourth-order valence-electron chi connectivity index (χ4n) is 3.06. The third kappa shape index (κ3) is 2.59. The van der Waals surface area contributed by atoms with Gasteiger partial charge in [0, 0.05) is 23.3 Å². The zero-order valence-electron chi connectivity index (χ0n) is 13.3. The van der Waals surface area contributed by atoms with Gasteiger partial charge in [-0.05, 0) is 34.3 Å². The van der Waals surface area contributed by atoms with Gasteiger partial charge < -0.3 is 4.98 Å². The molecular weight excluding hydrogens is 377 g/mol. The summed E-state index contributed by atoms with van der Waals surface area (Å²) in [5.41, 5.74) is 5.28. The zero-order valence-corrected chi connectivity index (χ0v) is 14.9. The maximum Gasteiger partial charge on any atom is 0.147 e. The Balaban J connectivity index is 1.52. The van der Waals surface area contributed by atoms with E-state index >= 15 is 0 Å². The van der Waals surface area contributed by atoms with Gasteiger partial charge >= 0.3 is 0 Å². The van der Waals surface area contributed by atoms with Crippen LogP contribution in [-0.2, 0) is 0 Å². The molecule has 25 heavy (non-hydrogen) atoms. The van der Waals surface area contributed by atoms with Gasteiger partial charge in [-0.25, -0.2) is 9.97 Å². The molecule has 4 aromatic rings. The number of rotatable bonds is 3. The van der Waals surface area contributed by atoms with E-state index in [-0.39, 0.29) is 0 Å². The molecule has 0 bridgehead atoms. The van der Waals surface area contributed by atoms with Gasteiger partial charge in [0.1, 0.15) is 23.9 Å². The summed E-state index contributed by atoms with van der Waals surface area (Å²) in [5, 5.41) is 0. The van der Waals surface area contributed by atoms with E-state index in [4.69, 9.17) is 7.85 Å². The largest absolute Gasteiger partial charge is 0.342 e. The van der Waals surface area contributed by atoms with Gasteiger partial charge in [-0.2, -0.15) is 0 Å². The van der Waals surface area contributed by atoms with Crippen LogP contribution < -0.4 is 5.59 Å². The van der Waals surface area contributed by atoms with Crippen LogP contribution in [0, 0.1) is 0 Å². The van der Waals surface area contributed by atoms with Crippen LogP contribution in [-0.4, -0.2) is 32.2 Å².